The summed E-state index contributed by atoms with van der Waals surface area (Å²) in [5, 5.41) is 1.88. The molecule has 0 atom stereocenters. The predicted octanol–water partition coefficient (Wildman–Crippen LogP) is 1.37. The quantitative estimate of drug-likeness (QED) is 0.805. The molecular weight excluding hydrogens is 314 g/mol. The van der Waals surface area contributed by atoms with Crippen LogP contribution in [0.5, 0.6) is 0 Å². The zero-order valence-corrected chi connectivity index (χ0v) is 13.7. The fourth-order valence-corrected chi connectivity index (χ4v) is 3.27. The molecule has 0 bridgehead atoms. The highest BCUT2D eigenvalue weighted by Crippen LogP contribution is 2.31. The fourth-order valence-electron chi connectivity index (χ4n) is 2.60. The van der Waals surface area contributed by atoms with E-state index in [1.54, 1.807) is 18.3 Å². The van der Waals surface area contributed by atoms with E-state index in [0.29, 0.717) is 23.1 Å². The smallest absolute Gasteiger partial charge is 0.290 e. The van der Waals surface area contributed by atoms with Crippen molar-refractivity contribution in [3.8, 4) is 0 Å². The fraction of sp³-hybridized carbons (Fsp3) is 0.467. The lowest BCUT2D eigenvalue weighted by molar-refractivity contribution is -0.115. The molecule has 1 aromatic rings. The predicted molar refractivity (Wildman–Crippen MR) is 89.7 cm³/mol. The maximum Gasteiger partial charge on any atom is 0.290 e. The number of amides is 2. The van der Waals surface area contributed by atoms with Crippen LogP contribution in [-0.4, -0.2) is 40.7 Å². The molecule has 3 heterocycles. The summed E-state index contributed by atoms with van der Waals surface area (Å²) in [7, 11) is 0. The van der Waals surface area contributed by atoms with E-state index in [9.17, 15) is 9.59 Å². The first kappa shape index (κ1) is 15.9. The van der Waals surface area contributed by atoms with E-state index >= 15 is 0 Å². The van der Waals surface area contributed by atoms with Crippen LogP contribution in [0.1, 0.15) is 25.5 Å². The zero-order valence-electron chi connectivity index (χ0n) is 12.9. The first-order valence-corrected chi connectivity index (χ1v) is 8.34. The molecule has 0 saturated carbocycles. The Kier molecular flexibility index (Phi) is 4.36. The van der Waals surface area contributed by atoms with Gasteiger partial charge in [-0.1, -0.05) is 6.92 Å². The molecule has 2 amide bonds. The summed E-state index contributed by atoms with van der Waals surface area (Å²) in [5.41, 5.74) is 6.65. The number of aromatic nitrogens is 2. The third kappa shape index (κ3) is 3.53. The molecule has 2 saturated heterocycles. The normalized spacial score (nSPS) is 22.5. The summed E-state index contributed by atoms with van der Waals surface area (Å²) in [5.74, 6) is 0.269. The standard InChI is InChI=1S/C15H19N5O2S/c1-15(9-16)3-6-20(7-4-15)13-17-5-2-10(18-13)8-11-12(21)19-14(22)23-11/h2,5,8H,3-4,6-7,9,16H2,1H3,(H,19,21,22)/b11-8+. The van der Waals surface area contributed by atoms with E-state index in [4.69, 9.17) is 5.73 Å². The molecule has 0 aromatic carbocycles. The van der Waals surface area contributed by atoms with E-state index in [1.165, 1.54) is 0 Å². The third-order valence-corrected chi connectivity index (χ3v) is 5.14. The highest BCUT2D eigenvalue weighted by atomic mass is 32.2. The van der Waals surface area contributed by atoms with Crippen LogP contribution in [0, 0.1) is 5.41 Å². The molecule has 2 aliphatic heterocycles. The van der Waals surface area contributed by atoms with Crippen LogP contribution in [0.25, 0.3) is 6.08 Å². The monoisotopic (exact) mass is 333 g/mol. The molecule has 0 aliphatic carbocycles. The molecule has 2 fully saturated rings. The Labute approximate surface area is 138 Å². The van der Waals surface area contributed by atoms with E-state index in [0.717, 1.165) is 37.7 Å². The largest absolute Gasteiger partial charge is 0.341 e. The molecule has 8 heteroatoms. The Morgan fingerprint density at radius 3 is 2.78 bits per heavy atom. The number of hydrogen-bond donors (Lipinski definition) is 2. The molecule has 7 nitrogen and oxygen atoms in total. The number of carbonyl (C=O) groups is 2. The Balaban J connectivity index is 1.75. The minimum absolute atomic E-state index is 0.190. The van der Waals surface area contributed by atoms with Crippen molar-refractivity contribution in [1.82, 2.24) is 15.3 Å². The highest BCUT2D eigenvalue weighted by Gasteiger charge is 2.30. The molecule has 3 N–H and O–H groups in total. The van der Waals surface area contributed by atoms with Crippen LogP contribution in [0.15, 0.2) is 17.2 Å². The summed E-state index contributed by atoms with van der Waals surface area (Å²) in [6.45, 7) is 4.62. The SMILES string of the molecule is CC1(CN)CCN(c2nccc(/C=C3/SC(=O)NC3=O)n2)CC1. The van der Waals surface area contributed by atoms with Crippen LogP contribution in [0.3, 0.4) is 0 Å². The minimum atomic E-state index is -0.378. The van der Waals surface area contributed by atoms with Crippen molar-refractivity contribution < 1.29 is 9.59 Å². The Morgan fingerprint density at radius 2 is 2.17 bits per heavy atom. The van der Waals surface area contributed by atoms with Crippen LogP contribution in [-0.2, 0) is 4.79 Å². The van der Waals surface area contributed by atoms with Crippen molar-refractivity contribution in [3.05, 3.63) is 22.9 Å². The summed E-state index contributed by atoms with van der Waals surface area (Å²) in [4.78, 5) is 34.1. The average molecular weight is 333 g/mol. The highest BCUT2D eigenvalue weighted by molar-refractivity contribution is 8.18. The molecule has 2 aliphatic rings. The Morgan fingerprint density at radius 1 is 1.43 bits per heavy atom. The minimum Gasteiger partial charge on any atom is -0.341 e. The van der Waals surface area contributed by atoms with E-state index in [1.807, 2.05) is 0 Å². The Hall–Kier alpha value is -1.93. The number of anilines is 1. The van der Waals surface area contributed by atoms with Gasteiger partial charge in [0, 0.05) is 19.3 Å². The van der Waals surface area contributed by atoms with Gasteiger partial charge in [-0.2, -0.15) is 0 Å². The maximum absolute atomic E-state index is 11.6. The molecule has 3 rings (SSSR count). The van der Waals surface area contributed by atoms with Gasteiger partial charge in [0.1, 0.15) is 0 Å². The first-order valence-electron chi connectivity index (χ1n) is 7.52. The van der Waals surface area contributed by atoms with Gasteiger partial charge in [-0.15, -0.1) is 0 Å². The number of nitrogens with two attached hydrogens (primary N) is 1. The van der Waals surface area contributed by atoms with Gasteiger partial charge in [0.05, 0.1) is 10.6 Å². The number of thioether (sulfide) groups is 1. The van der Waals surface area contributed by atoms with Crippen LogP contribution in [0.4, 0.5) is 10.7 Å². The molecule has 0 unspecified atom stereocenters. The Bertz CT molecular complexity index is 668. The van der Waals surface area contributed by atoms with Crippen molar-refractivity contribution in [1.29, 1.82) is 0 Å². The van der Waals surface area contributed by atoms with Crippen LogP contribution in [0.2, 0.25) is 0 Å². The van der Waals surface area contributed by atoms with Crippen molar-refractivity contribution in [3.63, 3.8) is 0 Å². The molecule has 0 radical (unpaired) electrons. The van der Waals surface area contributed by atoms with Crippen LogP contribution < -0.4 is 16.0 Å². The van der Waals surface area contributed by atoms with Crippen molar-refractivity contribution >= 4 is 34.9 Å². The van der Waals surface area contributed by atoms with Crippen molar-refractivity contribution in [2.75, 3.05) is 24.5 Å². The summed E-state index contributed by atoms with van der Waals surface area (Å²) >= 11 is 0.886. The average Bonchev–Trinajstić information content (AvgIpc) is 2.86. The number of nitrogens with zero attached hydrogens (tertiary/aromatic N) is 3. The number of nitrogens with one attached hydrogen (secondary N) is 1. The first-order chi connectivity index (χ1) is 11.0. The molecule has 122 valence electrons. The number of carbonyl (C=O) groups excluding carboxylic acids is 2. The van der Waals surface area contributed by atoms with Gasteiger partial charge in [-0.3, -0.25) is 14.9 Å². The molecular formula is C15H19N5O2S. The lowest BCUT2D eigenvalue weighted by Crippen LogP contribution is -2.42. The summed E-state index contributed by atoms with van der Waals surface area (Å²) in [6.07, 6.45) is 5.30. The van der Waals surface area contributed by atoms with Crippen LogP contribution >= 0.6 is 11.8 Å². The summed E-state index contributed by atoms with van der Waals surface area (Å²) in [6, 6.07) is 1.72. The molecule has 1 aromatic heterocycles. The second-order valence-electron chi connectivity index (χ2n) is 6.14. The van der Waals surface area contributed by atoms with Gasteiger partial charge in [0.15, 0.2) is 0 Å². The lowest BCUT2D eigenvalue weighted by atomic mass is 9.81. The van der Waals surface area contributed by atoms with Gasteiger partial charge < -0.3 is 10.6 Å². The van der Waals surface area contributed by atoms with E-state index in [2.05, 4.69) is 27.1 Å². The molecule has 0 spiro atoms. The van der Waals surface area contributed by atoms with Gasteiger partial charge in [-0.25, -0.2) is 9.97 Å². The topological polar surface area (TPSA) is 101 Å². The van der Waals surface area contributed by atoms with Gasteiger partial charge in [0.25, 0.3) is 11.1 Å². The number of piperidine rings is 1. The second kappa shape index (κ2) is 6.29. The summed E-state index contributed by atoms with van der Waals surface area (Å²) < 4.78 is 0. The van der Waals surface area contributed by atoms with E-state index in [-0.39, 0.29) is 16.6 Å². The lowest BCUT2D eigenvalue weighted by Gasteiger charge is -2.38. The van der Waals surface area contributed by atoms with Crippen molar-refractivity contribution in [2.24, 2.45) is 11.1 Å². The molecule has 23 heavy (non-hydrogen) atoms. The number of hydrogen-bond acceptors (Lipinski definition) is 7. The number of rotatable bonds is 3. The maximum atomic E-state index is 11.6. The van der Waals surface area contributed by atoms with Crippen molar-refractivity contribution in [2.45, 2.75) is 19.8 Å². The van der Waals surface area contributed by atoms with Gasteiger partial charge >= 0.3 is 0 Å². The van der Waals surface area contributed by atoms with Gasteiger partial charge in [0.2, 0.25) is 5.95 Å². The third-order valence-electron chi connectivity index (χ3n) is 4.33. The number of imide groups is 1. The van der Waals surface area contributed by atoms with E-state index < -0.39 is 0 Å². The van der Waals surface area contributed by atoms with Gasteiger partial charge in [-0.05, 0) is 48.7 Å². The zero-order chi connectivity index (χ0) is 16.4. The second-order valence-corrected chi connectivity index (χ2v) is 7.15.